The molecule has 0 radical (unpaired) electrons. The van der Waals surface area contributed by atoms with Crippen LogP contribution in [0.2, 0.25) is 0 Å². The number of H-pyrrole nitrogens is 2. The van der Waals surface area contributed by atoms with Gasteiger partial charge < -0.3 is 40.2 Å². The van der Waals surface area contributed by atoms with Gasteiger partial charge in [-0.3, -0.25) is 9.59 Å². The van der Waals surface area contributed by atoms with Gasteiger partial charge in [-0.15, -0.1) is 0 Å². The quantitative estimate of drug-likeness (QED) is 0.0972. The summed E-state index contributed by atoms with van der Waals surface area (Å²) in [5.74, 6) is 0.758. The van der Waals surface area contributed by atoms with Crippen molar-refractivity contribution in [3.63, 3.8) is 0 Å². The maximum atomic E-state index is 13.7. The topological polar surface area (TPSA) is 186 Å². The van der Waals surface area contributed by atoms with E-state index < -0.39 is 24.3 Å². The summed E-state index contributed by atoms with van der Waals surface area (Å²) in [6, 6.07) is 14.8. The lowest BCUT2D eigenvalue weighted by Gasteiger charge is -2.29. The summed E-state index contributed by atoms with van der Waals surface area (Å²) >= 11 is 0. The van der Waals surface area contributed by atoms with Crippen LogP contribution >= 0.6 is 0 Å². The normalized spacial score (nSPS) is 18.1. The Morgan fingerprint density at radius 3 is 1.56 bits per heavy atom. The number of amides is 4. The van der Waals surface area contributed by atoms with Crippen molar-refractivity contribution < 1.29 is 29.0 Å². The number of likely N-dealkylation sites (tertiary alicyclic amines) is 2. The predicted octanol–water partition coefficient (Wildman–Crippen LogP) is 7.39. The molecule has 2 aliphatic rings. The summed E-state index contributed by atoms with van der Waals surface area (Å²) in [5.41, 5.74) is 9.90. The SMILES string of the molecule is COC(=O)NC(C(=O)N1CCCC1c1nc2ccc(-c3cc(C)c(-c4ccc5nc(C6CCCN6C(=O)C(NC(=O)O)C(C)C)[nH]c5c4)cc3C)cc2[nH]1)C(C)C. The van der Waals surface area contributed by atoms with E-state index in [1.807, 2.05) is 44.7 Å². The molecule has 2 saturated heterocycles. The van der Waals surface area contributed by atoms with E-state index in [1.165, 1.54) is 7.11 Å². The second-order valence-corrected chi connectivity index (χ2v) is 16.1. The van der Waals surface area contributed by atoms with Crippen LogP contribution in [-0.4, -0.2) is 91.1 Å². The smallest absolute Gasteiger partial charge is 0.407 e. The number of rotatable bonds is 10. The number of hydrogen-bond acceptors (Lipinski definition) is 7. The number of nitrogens with zero attached hydrogens (tertiary/aromatic N) is 4. The van der Waals surface area contributed by atoms with Crippen LogP contribution in [0.3, 0.4) is 0 Å². The van der Waals surface area contributed by atoms with Gasteiger partial charge in [0.05, 0.1) is 41.3 Å². The summed E-state index contributed by atoms with van der Waals surface area (Å²) in [6.07, 6.45) is 1.33. The molecule has 4 heterocycles. The van der Waals surface area contributed by atoms with Crippen LogP contribution in [0.25, 0.3) is 44.3 Å². The van der Waals surface area contributed by atoms with Crippen LogP contribution in [0.4, 0.5) is 9.59 Å². The number of carbonyl (C=O) groups excluding carboxylic acids is 3. The number of nitrogens with one attached hydrogen (secondary N) is 4. The minimum Gasteiger partial charge on any atom is -0.465 e. The molecule has 0 aliphatic carbocycles. The van der Waals surface area contributed by atoms with Crippen LogP contribution in [0.15, 0.2) is 48.5 Å². The second kappa shape index (κ2) is 15.9. The van der Waals surface area contributed by atoms with Gasteiger partial charge in [0, 0.05) is 13.1 Å². The Morgan fingerprint density at radius 1 is 0.719 bits per heavy atom. The van der Waals surface area contributed by atoms with Crippen molar-refractivity contribution in [2.45, 2.75) is 91.4 Å². The molecule has 4 amide bonds. The molecule has 2 fully saturated rings. The molecule has 7 rings (SSSR count). The number of carboxylic acid groups (broad SMARTS) is 1. The molecule has 0 saturated carbocycles. The van der Waals surface area contributed by atoms with Crippen LogP contribution in [0, 0.1) is 25.7 Å². The number of carbonyl (C=O) groups is 4. The first-order chi connectivity index (χ1) is 27.2. The van der Waals surface area contributed by atoms with E-state index in [0.29, 0.717) is 18.9 Å². The summed E-state index contributed by atoms with van der Waals surface area (Å²) in [7, 11) is 1.29. The highest BCUT2D eigenvalue weighted by atomic mass is 16.5. The van der Waals surface area contributed by atoms with Gasteiger partial charge in [0.1, 0.15) is 23.7 Å². The molecule has 57 heavy (non-hydrogen) atoms. The van der Waals surface area contributed by atoms with E-state index in [9.17, 15) is 24.3 Å². The van der Waals surface area contributed by atoms with E-state index >= 15 is 0 Å². The van der Waals surface area contributed by atoms with E-state index in [1.54, 1.807) is 4.90 Å². The number of aromatic nitrogens is 4. The number of hydrogen-bond donors (Lipinski definition) is 5. The molecule has 4 unspecified atom stereocenters. The minimum absolute atomic E-state index is 0.114. The number of fused-ring (bicyclic) bond motifs is 2. The number of aryl methyl sites for hydroxylation is 2. The molecule has 5 aromatic rings. The Hall–Kier alpha value is -5.92. The van der Waals surface area contributed by atoms with Crippen molar-refractivity contribution in [3.8, 4) is 22.3 Å². The van der Waals surface area contributed by atoms with Gasteiger partial charge in [-0.1, -0.05) is 52.0 Å². The molecular weight excluding hydrogens is 725 g/mol. The zero-order valence-corrected chi connectivity index (χ0v) is 33.6. The Morgan fingerprint density at radius 2 is 1.16 bits per heavy atom. The van der Waals surface area contributed by atoms with Crippen molar-refractivity contribution in [2.24, 2.45) is 11.8 Å². The maximum Gasteiger partial charge on any atom is 0.407 e. The van der Waals surface area contributed by atoms with Gasteiger partial charge in [0.2, 0.25) is 11.8 Å². The first-order valence-electron chi connectivity index (χ1n) is 19.8. The van der Waals surface area contributed by atoms with Crippen LogP contribution in [-0.2, 0) is 14.3 Å². The Bertz CT molecular complexity index is 2350. The zero-order chi connectivity index (χ0) is 40.7. The summed E-state index contributed by atoms with van der Waals surface area (Å²) in [4.78, 5) is 71.0. The van der Waals surface area contributed by atoms with E-state index in [-0.39, 0.29) is 35.7 Å². The third-order valence-corrected chi connectivity index (χ3v) is 11.5. The highest BCUT2D eigenvalue weighted by Crippen LogP contribution is 2.37. The lowest BCUT2D eigenvalue weighted by molar-refractivity contribution is -0.136. The number of ether oxygens (including phenoxy) is 1. The van der Waals surface area contributed by atoms with Crippen molar-refractivity contribution in [1.82, 2.24) is 40.4 Å². The van der Waals surface area contributed by atoms with Gasteiger partial charge >= 0.3 is 12.2 Å². The van der Waals surface area contributed by atoms with Crippen LogP contribution in [0.5, 0.6) is 0 Å². The number of aromatic amines is 2. The average molecular weight is 777 g/mol. The van der Waals surface area contributed by atoms with Crippen LogP contribution < -0.4 is 10.6 Å². The van der Waals surface area contributed by atoms with E-state index in [2.05, 4.69) is 70.8 Å². The lowest BCUT2D eigenvalue weighted by Crippen LogP contribution is -2.51. The zero-order valence-electron chi connectivity index (χ0n) is 33.6. The largest absolute Gasteiger partial charge is 0.465 e. The average Bonchev–Trinajstić information content (AvgIpc) is 4.00. The number of methoxy groups -OCH3 is 1. The van der Waals surface area contributed by atoms with Crippen LogP contribution in [0.1, 0.15) is 88.2 Å². The standard InChI is InChI=1S/C43H52N8O6/c1-22(2)36(48-42(54)55)40(52)50-16-8-10-34(50)38-44-30-14-12-26(20-32(30)46-38)28-18-25(6)29(19-24(28)5)27-13-15-31-33(21-27)47-39(45-31)35-11-9-17-51(35)41(53)37(23(3)4)49-43(56)57-7/h12-15,18-23,34-37,48H,8-11,16-17H2,1-7H3,(H,44,46)(H,45,47)(H,49,56)(H,54,55). The molecular formula is C43H52N8O6. The molecule has 2 aromatic heterocycles. The van der Waals surface area contributed by atoms with Gasteiger partial charge in [-0.2, -0.15) is 0 Å². The third-order valence-electron chi connectivity index (χ3n) is 11.5. The predicted molar refractivity (Wildman–Crippen MR) is 217 cm³/mol. The van der Waals surface area contributed by atoms with Gasteiger partial charge in [-0.05, 0) is 109 Å². The Balaban J connectivity index is 1.12. The van der Waals surface area contributed by atoms with E-state index in [0.717, 1.165) is 87.0 Å². The molecule has 0 bridgehead atoms. The van der Waals surface area contributed by atoms with Gasteiger partial charge in [0.25, 0.3) is 0 Å². The molecule has 0 spiro atoms. The second-order valence-electron chi connectivity index (χ2n) is 16.1. The van der Waals surface area contributed by atoms with Crippen molar-refractivity contribution >= 4 is 46.1 Å². The molecule has 5 N–H and O–H groups in total. The Kier molecular flexibility index (Phi) is 11.0. The van der Waals surface area contributed by atoms with Crippen molar-refractivity contribution in [1.29, 1.82) is 0 Å². The molecule has 3 aromatic carbocycles. The van der Waals surface area contributed by atoms with Gasteiger partial charge in [-0.25, -0.2) is 19.6 Å². The fraction of sp³-hybridized carbons (Fsp3) is 0.442. The molecule has 14 nitrogen and oxygen atoms in total. The maximum absolute atomic E-state index is 13.7. The Labute approximate surface area is 331 Å². The monoisotopic (exact) mass is 776 g/mol. The van der Waals surface area contributed by atoms with Crippen molar-refractivity contribution in [2.75, 3.05) is 20.2 Å². The first kappa shape index (κ1) is 39.3. The highest BCUT2D eigenvalue weighted by molar-refractivity contribution is 5.89. The molecule has 14 heteroatoms. The molecule has 4 atom stereocenters. The third kappa shape index (κ3) is 7.77. The molecule has 300 valence electrons. The highest BCUT2D eigenvalue weighted by Gasteiger charge is 2.39. The van der Waals surface area contributed by atoms with E-state index in [4.69, 9.17) is 14.7 Å². The summed E-state index contributed by atoms with van der Waals surface area (Å²) in [5, 5.41) is 14.5. The summed E-state index contributed by atoms with van der Waals surface area (Å²) < 4.78 is 4.78. The van der Waals surface area contributed by atoms with Gasteiger partial charge in [0.15, 0.2) is 0 Å². The first-order valence-corrected chi connectivity index (χ1v) is 19.8. The number of alkyl carbamates (subject to hydrolysis) is 1. The number of benzene rings is 3. The van der Waals surface area contributed by atoms with Crippen molar-refractivity contribution in [3.05, 3.63) is 71.3 Å². The summed E-state index contributed by atoms with van der Waals surface area (Å²) in [6.45, 7) is 12.8. The fourth-order valence-electron chi connectivity index (χ4n) is 8.48. The lowest BCUT2D eigenvalue weighted by atomic mass is 9.91. The number of imidazole rings is 2. The fourth-order valence-corrected chi connectivity index (χ4v) is 8.48. The molecule has 2 aliphatic heterocycles. The minimum atomic E-state index is -1.21.